The smallest absolute Gasteiger partial charge is 0.246 e. The second-order valence-electron chi connectivity index (χ2n) is 5.31. The first-order valence-electron chi connectivity index (χ1n) is 7.43. The van der Waals surface area contributed by atoms with E-state index in [0.29, 0.717) is 24.8 Å². The van der Waals surface area contributed by atoms with Gasteiger partial charge in [0.05, 0.1) is 7.11 Å². The summed E-state index contributed by atoms with van der Waals surface area (Å²) < 4.78 is 32.2. The largest absolute Gasteiger partial charge is 0.495 e. The highest BCUT2D eigenvalue weighted by molar-refractivity contribution is 7.89. The monoisotopic (exact) mass is 348 g/mol. The number of ether oxygens (including phenoxy) is 1. The van der Waals surface area contributed by atoms with Crippen molar-refractivity contribution in [3.63, 3.8) is 0 Å². The molecule has 1 heterocycles. The maximum Gasteiger partial charge on any atom is 0.246 e. The van der Waals surface area contributed by atoms with Crippen molar-refractivity contribution in [1.29, 1.82) is 0 Å². The fourth-order valence-electron chi connectivity index (χ4n) is 2.67. The van der Waals surface area contributed by atoms with Crippen LogP contribution in [0, 0.1) is 5.92 Å². The van der Waals surface area contributed by atoms with Crippen molar-refractivity contribution in [2.45, 2.75) is 24.7 Å². The van der Waals surface area contributed by atoms with Crippen LogP contribution in [-0.2, 0) is 10.0 Å². The van der Waals surface area contributed by atoms with E-state index in [0.717, 1.165) is 25.9 Å². The van der Waals surface area contributed by atoms with Gasteiger partial charge in [-0.25, -0.2) is 8.42 Å². The lowest BCUT2D eigenvalue weighted by Gasteiger charge is -2.31. The summed E-state index contributed by atoms with van der Waals surface area (Å²) in [4.78, 5) is 0.262. The Morgan fingerprint density at radius 3 is 2.50 bits per heavy atom. The maximum absolute atomic E-state index is 12.7. The first-order valence-corrected chi connectivity index (χ1v) is 8.87. The van der Waals surface area contributed by atoms with Crippen molar-refractivity contribution in [3.05, 3.63) is 24.3 Å². The van der Waals surface area contributed by atoms with Crippen LogP contribution < -0.4 is 10.1 Å². The number of hydrogen-bond donors (Lipinski definition) is 1. The summed E-state index contributed by atoms with van der Waals surface area (Å²) in [5.74, 6) is 0.973. The highest BCUT2D eigenvalue weighted by Gasteiger charge is 2.31. The minimum atomic E-state index is -3.46. The maximum atomic E-state index is 12.7. The average Bonchev–Trinajstić information content (AvgIpc) is 2.53. The number of hydrogen-bond acceptors (Lipinski definition) is 4. The van der Waals surface area contributed by atoms with E-state index in [1.54, 1.807) is 28.6 Å². The predicted octanol–water partition coefficient (Wildman–Crippen LogP) is 2.13. The van der Waals surface area contributed by atoms with E-state index in [4.69, 9.17) is 4.74 Å². The quantitative estimate of drug-likeness (QED) is 0.855. The molecule has 0 amide bonds. The molecule has 0 atom stereocenters. The molecule has 1 aromatic carbocycles. The van der Waals surface area contributed by atoms with E-state index >= 15 is 0 Å². The standard InChI is InChI=1S/C15H24N2O3S.ClH/c1-3-16-12-13-8-10-17(11-9-13)21(18,19)15-7-5-4-6-14(15)20-2;/h4-7,13,16H,3,8-12H2,1-2H3;1H. The highest BCUT2D eigenvalue weighted by Crippen LogP contribution is 2.29. The van der Waals surface area contributed by atoms with Crippen molar-refractivity contribution in [2.24, 2.45) is 5.92 Å². The van der Waals surface area contributed by atoms with E-state index in [1.165, 1.54) is 7.11 Å². The van der Waals surface area contributed by atoms with Gasteiger partial charge in [-0.15, -0.1) is 12.4 Å². The average molecular weight is 349 g/mol. The SMILES string of the molecule is CCNCC1CCN(S(=O)(=O)c2ccccc2OC)CC1.Cl. The summed E-state index contributed by atoms with van der Waals surface area (Å²) in [6, 6.07) is 6.80. The lowest BCUT2D eigenvalue weighted by molar-refractivity contribution is 0.267. The molecule has 0 spiro atoms. The molecule has 1 aliphatic heterocycles. The zero-order chi connectivity index (χ0) is 15.3. The van der Waals surface area contributed by atoms with Crippen LogP contribution in [0.15, 0.2) is 29.2 Å². The van der Waals surface area contributed by atoms with E-state index in [1.807, 2.05) is 0 Å². The molecule has 1 aromatic rings. The Morgan fingerprint density at radius 2 is 1.91 bits per heavy atom. The van der Waals surface area contributed by atoms with Crippen molar-refractivity contribution in [2.75, 3.05) is 33.3 Å². The highest BCUT2D eigenvalue weighted by atomic mass is 35.5. The summed E-state index contributed by atoms with van der Waals surface area (Å²) in [5.41, 5.74) is 0. The number of nitrogens with zero attached hydrogens (tertiary/aromatic N) is 1. The van der Waals surface area contributed by atoms with Crippen LogP contribution in [0.5, 0.6) is 5.75 Å². The summed E-state index contributed by atoms with van der Waals surface area (Å²) >= 11 is 0. The molecule has 0 aromatic heterocycles. The van der Waals surface area contributed by atoms with Crippen molar-refractivity contribution >= 4 is 22.4 Å². The van der Waals surface area contributed by atoms with Gasteiger partial charge in [0, 0.05) is 13.1 Å². The predicted molar refractivity (Wildman–Crippen MR) is 90.3 cm³/mol. The van der Waals surface area contributed by atoms with Crippen LogP contribution >= 0.6 is 12.4 Å². The Bertz CT molecular complexity index is 558. The van der Waals surface area contributed by atoms with Gasteiger partial charge in [-0.2, -0.15) is 4.31 Å². The molecule has 0 aliphatic carbocycles. The fourth-order valence-corrected chi connectivity index (χ4v) is 4.30. The lowest BCUT2D eigenvalue weighted by atomic mass is 9.98. The Kier molecular flexibility index (Phi) is 7.62. The number of halogens is 1. The summed E-state index contributed by atoms with van der Waals surface area (Å²) in [7, 11) is -1.96. The van der Waals surface area contributed by atoms with Crippen molar-refractivity contribution in [3.8, 4) is 5.75 Å². The topological polar surface area (TPSA) is 58.6 Å². The zero-order valence-corrected chi connectivity index (χ0v) is 14.8. The van der Waals surface area contributed by atoms with E-state index in [9.17, 15) is 8.42 Å². The molecule has 5 nitrogen and oxygen atoms in total. The molecular formula is C15H25ClN2O3S. The fraction of sp³-hybridized carbons (Fsp3) is 0.600. The van der Waals surface area contributed by atoms with E-state index in [-0.39, 0.29) is 17.3 Å². The molecule has 1 N–H and O–H groups in total. The second kappa shape index (κ2) is 8.72. The summed E-state index contributed by atoms with van der Waals surface area (Å²) in [6.07, 6.45) is 1.81. The number of nitrogens with one attached hydrogen (secondary N) is 1. The number of methoxy groups -OCH3 is 1. The van der Waals surface area contributed by atoms with Gasteiger partial charge in [0.25, 0.3) is 0 Å². The Morgan fingerprint density at radius 1 is 1.27 bits per heavy atom. The van der Waals surface area contributed by atoms with Crippen LogP contribution in [-0.4, -0.2) is 46.0 Å². The number of sulfonamides is 1. The molecule has 1 fully saturated rings. The molecule has 0 unspecified atom stereocenters. The van der Waals surface area contributed by atoms with Crippen LogP contribution in [0.1, 0.15) is 19.8 Å². The third-order valence-corrected chi connectivity index (χ3v) is 5.88. The Labute approximate surface area is 139 Å². The molecule has 1 saturated heterocycles. The van der Waals surface area contributed by atoms with Crippen molar-refractivity contribution < 1.29 is 13.2 Å². The number of para-hydroxylation sites is 1. The van der Waals surface area contributed by atoms with Gasteiger partial charge in [0.1, 0.15) is 10.6 Å². The molecule has 0 saturated carbocycles. The van der Waals surface area contributed by atoms with Gasteiger partial charge >= 0.3 is 0 Å². The first-order chi connectivity index (χ1) is 10.1. The zero-order valence-electron chi connectivity index (χ0n) is 13.1. The van der Waals surface area contributed by atoms with E-state index < -0.39 is 10.0 Å². The van der Waals surface area contributed by atoms with Crippen molar-refractivity contribution in [1.82, 2.24) is 9.62 Å². The normalized spacial score (nSPS) is 17.0. The number of benzene rings is 1. The summed E-state index contributed by atoms with van der Waals surface area (Å²) in [6.45, 7) is 5.17. The third kappa shape index (κ3) is 4.35. The molecule has 22 heavy (non-hydrogen) atoms. The summed E-state index contributed by atoms with van der Waals surface area (Å²) in [5, 5.41) is 3.33. The van der Waals surface area contributed by atoms with Gasteiger partial charge in [0.2, 0.25) is 10.0 Å². The van der Waals surface area contributed by atoms with Gasteiger partial charge in [0.15, 0.2) is 0 Å². The second-order valence-corrected chi connectivity index (χ2v) is 7.21. The molecular weight excluding hydrogens is 324 g/mol. The molecule has 0 radical (unpaired) electrons. The molecule has 0 bridgehead atoms. The Hall–Kier alpha value is -0.820. The third-order valence-electron chi connectivity index (χ3n) is 3.94. The number of rotatable bonds is 6. The molecule has 1 aliphatic rings. The molecule has 126 valence electrons. The minimum Gasteiger partial charge on any atom is -0.495 e. The van der Waals surface area contributed by atoms with Crippen LogP contribution in [0.3, 0.4) is 0 Å². The van der Waals surface area contributed by atoms with Crippen LogP contribution in [0.25, 0.3) is 0 Å². The van der Waals surface area contributed by atoms with Crippen LogP contribution in [0.4, 0.5) is 0 Å². The van der Waals surface area contributed by atoms with E-state index in [2.05, 4.69) is 12.2 Å². The number of piperidine rings is 1. The van der Waals surface area contributed by atoms with Gasteiger partial charge in [-0.05, 0) is 44.0 Å². The Balaban J connectivity index is 0.00000242. The minimum absolute atomic E-state index is 0. The lowest BCUT2D eigenvalue weighted by Crippen LogP contribution is -2.40. The van der Waals surface area contributed by atoms with Gasteiger partial charge in [-0.1, -0.05) is 19.1 Å². The molecule has 7 heteroatoms. The first kappa shape index (κ1) is 19.2. The van der Waals surface area contributed by atoms with Crippen LogP contribution in [0.2, 0.25) is 0 Å². The van der Waals surface area contributed by atoms with Gasteiger partial charge in [-0.3, -0.25) is 0 Å². The molecule has 2 rings (SSSR count). The van der Waals surface area contributed by atoms with Gasteiger partial charge < -0.3 is 10.1 Å².